The van der Waals surface area contributed by atoms with Crippen LogP contribution in [0.1, 0.15) is 28.9 Å². The highest BCUT2D eigenvalue weighted by molar-refractivity contribution is 14.1. The fourth-order valence-electron chi connectivity index (χ4n) is 1.65. The van der Waals surface area contributed by atoms with Crippen LogP contribution in [0.25, 0.3) is 0 Å². The first-order chi connectivity index (χ1) is 9.08. The molecule has 0 aliphatic carbocycles. The molecule has 1 amide bonds. The summed E-state index contributed by atoms with van der Waals surface area (Å²) in [6.45, 7) is 1.93. The van der Waals surface area contributed by atoms with Crippen molar-refractivity contribution < 1.29 is 4.79 Å². The van der Waals surface area contributed by atoms with E-state index in [1.807, 2.05) is 25.1 Å². The van der Waals surface area contributed by atoms with Crippen LogP contribution in [0.4, 0.5) is 0 Å². The predicted molar refractivity (Wildman–Crippen MR) is 84.3 cm³/mol. The van der Waals surface area contributed by atoms with Crippen LogP contribution >= 0.6 is 34.2 Å². The third kappa shape index (κ3) is 3.67. The first kappa shape index (κ1) is 14.3. The summed E-state index contributed by atoms with van der Waals surface area (Å²) < 4.78 is 0.929. The van der Waals surface area contributed by atoms with Crippen molar-refractivity contribution >= 4 is 40.1 Å². The average Bonchev–Trinajstić information content (AvgIpc) is 2.42. The summed E-state index contributed by atoms with van der Waals surface area (Å²) in [5.74, 6) is -0.136. The lowest BCUT2D eigenvalue weighted by atomic mass is 10.1. The Hall–Kier alpha value is -1.14. The Morgan fingerprint density at radius 1 is 1.32 bits per heavy atom. The largest absolute Gasteiger partial charge is 0.346 e. The van der Waals surface area contributed by atoms with E-state index in [-0.39, 0.29) is 11.9 Å². The summed E-state index contributed by atoms with van der Waals surface area (Å²) >= 11 is 8.14. The van der Waals surface area contributed by atoms with Crippen molar-refractivity contribution in [3.05, 3.63) is 62.4 Å². The lowest BCUT2D eigenvalue weighted by molar-refractivity contribution is 0.0940. The van der Waals surface area contributed by atoms with Gasteiger partial charge in [-0.25, -0.2) is 0 Å². The molecule has 1 aromatic carbocycles. The van der Waals surface area contributed by atoms with Gasteiger partial charge in [0.15, 0.2) is 0 Å². The monoisotopic (exact) mass is 386 g/mol. The number of carbonyl (C=O) groups is 1. The summed E-state index contributed by atoms with van der Waals surface area (Å²) in [5.41, 5.74) is 1.58. The second kappa shape index (κ2) is 6.34. The van der Waals surface area contributed by atoms with Gasteiger partial charge in [0, 0.05) is 21.5 Å². The molecule has 0 spiro atoms. The molecule has 2 aromatic rings. The minimum Gasteiger partial charge on any atom is -0.346 e. The molecular weight excluding hydrogens is 375 g/mol. The van der Waals surface area contributed by atoms with E-state index in [0.717, 1.165) is 9.13 Å². The lowest BCUT2D eigenvalue weighted by Crippen LogP contribution is -2.26. The number of nitrogens with zero attached hydrogens (tertiary/aromatic N) is 1. The second-order valence-corrected chi connectivity index (χ2v) is 5.67. The number of halogens is 2. The lowest BCUT2D eigenvalue weighted by Gasteiger charge is -2.14. The topological polar surface area (TPSA) is 42.0 Å². The molecule has 1 heterocycles. The summed E-state index contributed by atoms with van der Waals surface area (Å²) in [5, 5.41) is 3.52. The van der Waals surface area contributed by atoms with E-state index in [4.69, 9.17) is 11.6 Å². The van der Waals surface area contributed by atoms with Gasteiger partial charge in [0.05, 0.1) is 11.1 Å². The van der Waals surface area contributed by atoms with Gasteiger partial charge in [-0.2, -0.15) is 0 Å². The third-order valence-corrected chi connectivity index (χ3v) is 4.31. The van der Waals surface area contributed by atoms with Gasteiger partial charge in [0.25, 0.3) is 5.91 Å². The van der Waals surface area contributed by atoms with Gasteiger partial charge in [-0.15, -0.1) is 0 Å². The fourth-order valence-corrected chi connectivity index (χ4v) is 2.17. The minimum atomic E-state index is -0.136. The molecule has 0 radical (unpaired) electrons. The van der Waals surface area contributed by atoms with Crippen molar-refractivity contribution in [2.24, 2.45) is 0 Å². The van der Waals surface area contributed by atoms with Gasteiger partial charge >= 0.3 is 0 Å². The van der Waals surface area contributed by atoms with Crippen molar-refractivity contribution in [2.75, 3.05) is 0 Å². The average molecular weight is 387 g/mol. The van der Waals surface area contributed by atoms with E-state index in [1.165, 1.54) is 0 Å². The number of nitrogens with one attached hydrogen (secondary N) is 1. The number of amides is 1. The standard InChI is InChI=1S/C14H12ClIN2O/c1-9(10-4-6-17-7-5-10)18-14(19)11-2-3-13(16)12(15)8-11/h2-9H,1H3,(H,18,19). The van der Waals surface area contributed by atoms with Crippen LogP contribution in [0, 0.1) is 3.57 Å². The molecule has 0 aliphatic rings. The number of aromatic nitrogens is 1. The quantitative estimate of drug-likeness (QED) is 0.815. The van der Waals surface area contributed by atoms with Crippen LogP contribution in [-0.4, -0.2) is 10.9 Å². The maximum atomic E-state index is 12.1. The van der Waals surface area contributed by atoms with Gasteiger partial charge in [-0.3, -0.25) is 9.78 Å². The maximum Gasteiger partial charge on any atom is 0.251 e. The van der Waals surface area contributed by atoms with Crippen molar-refractivity contribution in [2.45, 2.75) is 13.0 Å². The molecule has 0 aliphatic heterocycles. The van der Waals surface area contributed by atoms with Crippen LogP contribution in [0.5, 0.6) is 0 Å². The number of hydrogen-bond acceptors (Lipinski definition) is 2. The highest BCUT2D eigenvalue weighted by atomic mass is 127. The van der Waals surface area contributed by atoms with E-state index < -0.39 is 0 Å². The number of benzene rings is 1. The third-order valence-electron chi connectivity index (χ3n) is 2.74. The van der Waals surface area contributed by atoms with Crippen molar-refractivity contribution in [3.63, 3.8) is 0 Å². The van der Waals surface area contributed by atoms with Crippen LogP contribution in [0.3, 0.4) is 0 Å². The molecule has 1 N–H and O–H groups in total. The number of rotatable bonds is 3. The molecule has 1 aromatic heterocycles. The number of carbonyl (C=O) groups excluding carboxylic acids is 1. The van der Waals surface area contributed by atoms with Gasteiger partial charge in [-0.05, 0) is 65.4 Å². The van der Waals surface area contributed by atoms with Gasteiger partial charge < -0.3 is 5.32 Å². The maximum absolute atomic E-state index is 12.1. The zero-order valence-corrected chi connectivity index (χ0v) is 13.1. The molecule has 0 saturated carbocycles. The summed E-state index contributed by atoms with van der Waals surface area (Å²) in [4.78, 5) is 16.1. The Labute approximate surface area is 130 Å². The van der Waals surface area contributed by atoms with Gasteiger partial charge in [-0.1, -0.05) is 11.6 Å². The van der Waals surface area contributed by atoms with Crippen molar-refractivity contribution in [3.8, 4) is 0 Å². The Morgan fingerprint density at radius 3 is 2.63 bits per heavy atom. The smallest absolute Gasteiger partial charge is 0.251 e. The molecule has 98 valence electrons. The molecule has 0 saturated heterocycles. The first-order valence-electron chi connectivity index (χ1n) is 5.74. The van der Waals surface area contributed by atoms with Crippen LogP contribution in [0.15, 0.2) is 42.7 Å². The van der Waals surface area contributed by atoms with Crippen molar-refractivity contribution in [1.29, 1.82) is 0 Å². The van der Waals surface area contributed by atoms with E-state index >= 15 is 0 Å². The molecule has 3 nitrogen and oxygen atoms in total. The molecule has 1 unspecified atom stereocenters. The van der Waals surface area contributed by atoms with Gasteiger partial charge in [0.1, 0.15) is 0 Å². The molecule has 5 heteroatoms. The van der Waals surface area contributed by atoms with E-state index in [2.05, 4.69) is 32.9 Å². The Kier molecular flexibility index (Phi) is 4.76. The molecule has 2 rings (SSSR count). The normalized spacial score (nSPS) is 11.9. The summed E-state index contributed by atoms with van der Waals surface area (Å²) in [6.07, 6.45) is 3.42. The minimum absolute atomic E-state index is 0.0754. The van der Waals surface area contributed by atoms with Crippen LogP contribution in [0.2, 0.25) is 5.02 Å². The van der Waals surface area contributed by atoms with E-state index in [0.29, 0.717) is 10.6 Å². The highest BCUT2D eigenvalue weighted by Crippen LogP contribution is 2.20. The van der Waals surface area contributed by atoms with Gasteiger partial charge in [0.2, 0.25) is 0 Å². The zero-order chi connectivity index (χ0) is 13.8. The molecular formula is C14H12ClIN2O. The summed E-state index contributed by atoms with van der Waals surface area (Å²) in [6, 6.07) is 8.96. The van der Waals surface area contributed by atoms with Crippen LogP contribution < -0.4 is 5.32 Å². The Balaban J connectivity index is 2.11. The highest BCUT2D eigenvalue weighted by Gasteiger charge is 2.12. The zero-order valence-electron chi connectivity index (χ0n) is 10.2. The Bertz CT molecular complexity index is 589. The number of hydrogen-bond donors (Lipinski definition) is 1. The summed E-state index contributed by atoms with van der Waals surface area (Å²) in [7, 11) is 0. The SMILES string of the molecule is CC(NC(=O)c1ccc(I)c(Cl)c1)c1ccncc1. The molecule has 0 fully saturated rings. The van der Waals surface area contributed by atoms with Crippen molar-refractivity contribution in [1.82, 2.24) is 10.3 Å². The number of pyridine rings is 1. The Morgan fingerprint density at radius 2 is 2.00 bits per heavy atom. The first-order valence-corrected chi connectivity index (χ1v) is 7.19. The molecule has 19 heavy (non-hydrogen) atoms. The molecule has 0 bridgehead atoms. The van der Waals surface area contributed by atoms with Crippen LogP contribution in [-0.2, 0) is 0 Å². The molecule has 1 atom stereocenters. The fraction of sp³-hybridized carbons (Fsp3) is 0.143. The second-order valence-electron chi connectivity index (χ2n) is 4.10. The van der Waals surface area contributed by atoms with E-state index in [9.17, 15) is 4.79 Å². The predicted octanol–water partition coefficient (Wildman–Crippen LogP) is 3.83. The van der Waals surface area contributed by atoms with E-state index in [1.54, 1.807) is 24.5 Å².